The quantitative estimate of drug-likeness (QED) is 0.369. The fourth-order valence-corrected chi connectivity index (χ4v) is 4.78. The SMILES string of the molecule is CC.Cc1c(CNc2ncnc3nc(Cl)c(C4CCN(C(C)C)CC4)cc23)cccc1C(F)(F)F. The fourth-order valence-electron chi connectivity index (χ4n) is 4.50. The van der Waals surface area contributed by atoms with Gasteiger partial charge in [0.05, 0.1) is 10.9 Å². The number of hydrogen-bond acceptors (Lipinski definition) is 5. The number of halogens is 4. The lowest BCUT2D eigenvalue weighted by atomic mass is 9.89. The molecule has 3 heterocycles. The van der Waals surface area contributed by atoms with Crippen molar-refractivity contribution < 1.29 is 13.2 Å². The van der Waals surface area contributed by atoms with Gasteiger partial charge >= 0.3 is 6.18 Å². The first-order valence-corrected chi connectivity index (χ1v) is 12.5. The molecule has 0 bridgehead atoms. The van der Waals surface area contributed by atoms with E-state index in [1.807, 2.05) is 19.9 Å². The van der Waals surface area contributed by atoms with Crippen molar-refractivity contribution in [2.24, 2.45) is 0 Å². The monoisotopic (exact) mass is 507 g/mol. The summed E-state index contributed by atoms with van der Waals surface area (Å²) in [5.41, 5.74) is 1.56. The first-order chi connectivity index (χ1) is 16.6. The molecule has 1 aromatic carbocycles. The van der Waals surface area contributed by atoms with E-state index in [-0.39, 0.29) is 12.1 Å². The Morgan fingerprint density at radius 1 is 1.14 bits per heavy atom. The van der Waals surface area contributed by atoms with Gasteiger partial charge in [-0.3, -0.25) is 0 Å². The van der Waals surface area contributed by atoms with Crippen LogP contribution in [0.25, 0.3) is 11.0 Å². The lowest BCUT2D eigenvalue weighted by Crippen LogP contribution is -2.37. The molecular formula is C26H33ClF3N5. The number of pyridine rings is 1. The largest absolute Gasteiger partial charge is 0.416 e. The number of nitrogens with one attached hydrogen (secondary N) is 1. The van der Waals surface area contributed by atoms with Gasteiger partial charge in [-0.2, -0.15) is 13.2 Å². The summed E-state index contributed by atoms with van der Waals surface area (Å²) in [6.07, 6.45) is -1.02. The van der Waals surface area contributed by atoms with E-state index in [0.717, 1.165) is 37.6 Å². The van der Waals surface area contributed by atoms with Gasteiger partial charge in [0.15, 0.2) is 5.65 Å². The number of piperidine rings is 1. The number of benzene rings is 1. The zero-order valence-corrected chi connectivity index (χ0v) is 21.6. The Balaban J connectivity index is 0.00000167. The molecule has 35 heavy (non-hydrogen) atoms. The van der Waals surface area contributed by atoms with Crippen LogP contribution in [0, 0.1) is 6.92 Å². The molecule has 1 aliphatic rings. The minimum Gasteiger partial charge on any atom is -0.365 e. The summed E-state index contributed by atoms with van der Waals surface area (Å²) in [5.74, 6) is 0.824. The third kappa shape index (κ3) is 6.22. The number of aromatic nitrogens is 3. The Bertz CT molecular complexity index is 1140. The molecule has 0 saturated carbocycles. The summed E-state index contributed by atoms with van der Waals surface area (Å²) in [5, 5.41) is 4.35. The van der Waals surface area contributed by atoms with E-state index < -0.39 is 11.7 Å². The number of fused-ring (bicyclic) bond motifs is 1. The highest BCUT2D eigenvalue weighted by atomic mass is 35.5. The molecule has 0 spiro atoms. The van der Waals surface area contributed by atoms with Crippen LogP contribution in [0.3, 0.4) is 0 Å². The minimum absolute atomic E-state index is 0.201. The van der Waals surface area contributed by atoms with Gasteiger partial charge in [-0.05, 0) is 81.4 Å². The van der Waals surface area contributed by atoms with Crippen LogP contribution in [0.2, 0.25) is 5.15 Å². The second-order valence-electron chi connectivity index (χ2n) is 8.81. The molecule has 0 amide bonds. The van der Waals surface area contributed by atoms with Gasteiger partial charge < -0.3 is 10.2 Å². The number of rotatable bonds is 5. The summed E-state index contributed by atoms with van der Waals surface area (Å²) < 4.78 is 39.8. The molecule has 5 nitrogen and oxygen atoms in total. The molecule has 4 rings (SSSR count). The van der Waals surface area contributed by atoms with Gasteiger partial charge in [-0.15, -0.1) is 0 Å². The van der Waals surface area contributed by atoms with Crippen molar-refractivity contribution in [3.05, 3.63) is 58.0 Å². The summed E-state index contributed by atoms with van der Waals surface area (Å²) in [4.78, 5) is 15.5. The average Bonchev–Trinajstić information content (AvgIpc) is 2.83. The Morgan fingerprint density at radius 3 is 2.46 bits per heavy atom. The van der Waals surface area contributed by atoms with Crippen LogP contribution in [0.5, 0.6) is 0 Å². The number of nitrogens with zero attached hydrogens (tertiary/aromatic N) is 4. The molecule has 0 unspecified atom stereocenters. The predicted octanol–water partition coefficient (Wildman–Crippen LogP) is 7.23. The van der Waals surface area contributed by atoms with Gasteiger partial charge in [0.2, 0.25) is 0 Å². The van der Waals surface area contributed by atoms with Crippen LogP contribution in [0.1, 0.15) is 68.7 Å². The highest BCUT2D eigenvalue weighted by Crippen LogP contribution is 2.36. The van der Waals surface area contributed by atoms with Crippen molar-refractivity contribution in [1.82, 2.24) is 19.9 Å². The molecule has 1 saturated heterocycles. The van der Waals surface area contributed by atoms with Crippen LogP contribution in [0.15, 0.2) is 30.6 Å². The Hall–Kier alpha value is -2.45. The molecule has 0 aliphatic carbocycles. The van der Waals surface area contributed by atoms with Gasteiger partial charge in [0, 0.05) is 12.6 Å². The Labute approximate surface area is 210 Å². The fraction of sp³-hybridized carbons (Fsp3) is 0.500. The zero-order valence-electron chi connectivity index (χ0n) is 20.9. The maximum Gasteiger partial charge on any atom is 0.416 e. The van der Waals surface area contributed by atoms with Crippen LogP contribution < -0.4 is 5.32 Å². The molecule has 1 N–H and O–H groups in total. The van der Waals surface area contributed by atoms with Gasteiger partial charge in [-0.25, -0.2) is 15.0 Å². The molecule has 190 valence electrons. The van der Waals surface area contributed by atoms with E-state index in [1.165, 1.54) is 19.3 Å². The van der Waals surface area contributed by atoms with E-state index in [2.05, 4.69) is 39.0 Å². The standard InChI is InChI=1S/C24H27ClF3N5.C2H6/c1-14(2)33-9-7-16(8-10-33)18-11-19-22(30-13-31-23(19)32-21(18)25)29-12-17-5-4-6-20(15(17)3)24(26,27)28;1-2/h4-6,11,13-14,16H,7-10,12H2,1-3H3,(H,29,30,31,32);1-2H3. The van der Waals surface area contributed by atoms with Gasteiger partial charge in [-0.1, -0.05) is 37.6 Å². The third-order valence-electron chi connectivity index (χ3n) is 6.50. The smallest absolute Gasteiger partial charge is 0.365 e. The van der Waals surface area contributed by atoms with E-state index in [4.69, 9.17) is 11.6 Å². The maximum absolute atomic E-state index is 13.3. The van der Waals surface area contributed by atoms with Crippen molar-refractivity contribution in [2.75, 3.05) is 18.4 Å². The number of alkyl halides is 3. The summed E-state index contributed by atoms with van der Waals surface area (Å²) in [7, 11) is 0. The first kappa shape index (κ1) is 27.1. The van der Waals surface area contributed by atoms with Crippen molar-refractivity contribution in [1.29, 1.82) is 0 Å². The molecule has 0 radical (unpaired) electrons. The van der Waals surface area contributed by atoms with Gasteiger partial charge in [0.25, 0.3) is 0 Å². The summed E-state index contributed by atoms with van der Waals surface area (Å²) in [6.45, 7) is 12.1. The zero-order chi connectivity index (χ0) is 25.8. The number of anilines is 1. The van der Waals surface area contributed by atoms with Gasteiger partial charge in [0.1, 0.15) is 17.3 Å². The van der Waals surface area contributed by atoms with Crippen molar-refractivity contribution in [2.45, 2.75) is 72.1 Å². The minimum atomic E-state index is -4.39. The molecular weight excluding hydrogens is 475 g/mol. The van der Waals surface area contributed by atoms with Crippen LogP contribution >= 0.6 is 11.6 Å². The normalized spacial score (nSPS) is 15.3. The highest BCUT2D eigenvalue weighted by molar-refractivity contribution is 6.30. The highest BCUT2D eigenvalue weighted by Gasteiger charge is 2.32. The van der Waals surface area contributed by atoms with Crippen LogP contribution in [-0.2, 0) is 12.7 Å². The lowest BCUT2D eigenvalue weighted by Gasteiger charge is -2.35. The molecule has 1 aliphatic heterocycles. The van der Waals surface area contributed by atoms with Crippen molar-refractivity contribution >= 4 is 28.5 Å². The van der Waals surface area contributed by atoms with E-state index in [0.29, 0.717) is 39.5 Å². The molecule has 9 heteroatoms. The van der Waals surface area contributed by atoms with Crippen LogP contribution in [-0.4, -0.2) is 39.0 Å². The van der Waals surface area contributed by atoms with E-state index in [9.17, 15) is 13.2 Å². The van der Waals surface area contributed by atoms with Crippen molar-refractivity contribution in [3.8, 4) is 0 Å². The Kier molecular flexibility index (Phi) is 8.94. The van der Waals surface area contributed by atoms with Crippen molar-refractivity contribution in [3.63, 3.8) is 0 Å². The summed E-state index contributed by atoms with van der Waals surface area (Å²) >= 11 is 6.53. The average molecular weight is 508 g/mol. The summed E-state index contributed by atoms with van der Waals surface area (Å²) in [6, 6.07) is 6.71. The second-order valence-corrected chi connectivity index (χ2v) is 9.16. The molecule has 1 fully saturated rings. The number of likely N-dealkylation sites (tertiary alicyclic amines) is 1. The molecule has 2 aromatic heterocycles. The number of hydrogen-bond donors (Lipinski definition) is 1. The molecule has 3 aromatic rings. The predicted molar refractivity (Wildman–Crippen MR) is 136 cm³/mol. The third-order valence-corrected chi connectivity index (χ3v) is 6.81. The Morgan fingerprint density at radius 2 is 1.83 bits per heavy atom. The van der Waals surface area contributed by atoms with Crippen LogP contribution in [0.4, 0.5) is 19.0 Å². The molecule has 0 atom stereocenters. The lowest BCUT2D eigenvalue weighted by molar-refractivity contribution is -0.138. The topological polar surface area (TPSA) is 53.9 Å². The second kappa shape index (κ2) is 11.5. The maximum atomic E-state index is 13.3. The van der Waals surface area contributed by atoms with E-state index in [1.54, 1.807) is 6.07 Å². The first-order valence-electron chi connectivity index (χ1n) is 12.1. The van der Waals surface area contributed by atoms with E-state index >= 15 is 0 Å².